The molecule has 3 rings (SSSR count). The van der Waals surface area contributed by atoms with Crippen LogP contribution in [0.4, 0.5) is 0 Å². The van der Waals surface area contributed by atoms with Gasteiger partial charge < -0.3 is 15.6 Å². The molecule has 0 bridgehead atoms. The second kappa shape index (κ2) is 5.53. The highest BCUT2D eigenvalue weighted by molar-refractivity contribution is 7.19. The van der Waals surface area contributed by atoms with E-state index in [0.717, 1.165) is 10.4 Å². The van der Waals surface area contributed by atoms with Gasteiger partial charge >= 0.3 is 0 Å². The molecule has 0 radical (unpaired) electrons. The van der Waals surface area contributed by atoms with Gasteiger partial charge in [0.2, 0.25) is 0 Å². The molecule has 0 unspecified atom stereocenters. The summed E-state index contributed by atoms with van der Waals surface area (Å²) in [6.07, 6.45) is 0. The molecule has 0 aliphatic rings. The molecule has 3 N–H and O–H groups in total. The van der Waals surface area contributed by atoms with E-state index in [9.17, 15) is 5.11 Å². The third-order valence-corrected chi connectivity index (χ3v) is 4.20. The van der Waals surface area contributed by atoms with Crippen LogP contribution >= 0.6 is 11.3 Å². The van der Waals surface area contributed by atoms with E-state index in [1.165, 1.54) is 10.1 Å². The van der Waals surface area contributed by atoms with Crippen molar-refractivity contribution >= 4 is 21.4 Å². The number of phenols is 1. The lowest BCUT2D eigenvalue weighted by atomic mass is 10.1. The maximum Gasteiger partial charge on any atom is 0.123 e. The summed E-state index contributed by atoms with van der Waals surface area (Å²) in [4.78, 5) is 1.14. The van der Waals surface area contributed by atoms with Gasteiger partial charge in [0.1, 0.15) is 18.1 Å². The van der Waals surface area contributed by atoms with Gasteiger partial charge in [-0.2, -0.15) is 0 Å². The number of hydrogen-bond acceptors (Lipinski definition) is 4. The van der Waals surface area contributed by atoms with Crippen molar-refractivity contribution < 1.29 is 9.84 Å². The van der Waals surface area contributed by atoms with E-state index in [4.69, 9.17) is 10.5 Å². The minimum atomic E-state index is 0.212. The van der Waals surface area contributed by atoms with Crippen molar-refractivity contribution in [1.29, 1.82) is 0 Å². The van der Waals surface area contributed by atoms with Gasteiger partial charge in [-0.05, 0) is 35.2 Å². The molecule has 3 nitrogen and oxygen atoms in total. The van der Waals surface area contributed by atoms with Gasteiger partial charge in [0, 0.05) is 22.2 Å². The van der Waals surface area contributed by atoms with Gasteiger partial charge in [-0.25, -0.2) is 0 Å². The highest BCUT2D eigenvalue weighted by atomic mass is 32.1. The molecule has 0 saturated carbocycles. The molecule has 3 aromatic rings. The molecule has 2 aromatic carbocycles. The van der Waals surface area contributed by atoms with Crippen LogP contribution in [0.25, 0.3) is 10.1 Å². The zero-order chi connectivity index (χ0) is 13.9. The van der Waals surface area contributed by atoms with Crippen LogP contribution in [0.3, 0.4) is 0 Å². The minimum absolute atomic E-state index is 0.212. The van der Waals surface area contributed by atoms with Crippen LogP contribution in [0, 0.1) is 0 Å². The Balaban J connectivity index is 1.81. The van der Waals surface area contributed by atoms with Gasteiger partial charge in [-0.3, -0.25) is 0 Å². The topological polar surface area (TPSA) is 55.5 Å². The lowest BCUT2D eigenvalue weighted by Gasteiger charge is -2.04. The minimum Gasteiger partial charge on any atom is -0.508 e. The molecule has 20 heavy (non-hydrogen) atoms. The van der Waals surface area contributed by atoms with Crippen molar-refractivity contribution in [3.63, 3.8) is 0 Å². The Morgan fingerprint density at radius 2 is 1.95 bits per heavy atom. The molecule has 0 aliphatic heterocycles. The molecule has 102 valence electrons. The fourth-order valence-corrected chi connectivity index (χ4v) is 3.17. The average molecular weight is 285 g/mol. The number of thiophene rings is 1. The van der Waals surface area contributed by atoms with Gasteiger partial charge in [0.25, 0.3) is 0 Å². The molecule has 0 aliphatic carbocycles. The average Bonchev–Trinajstić information content (AvgIpc) is 2.88. The first-order valence-electron chi connectivity index (χ1n) is 6.38. The van der Waals surface area contributed by atoms with Crippen molar-refractivity contribution in [1.82, 2.24) is 0 Å². The Hall–Kier alpha value is -2.04. The van der Waals surface area contributed by atoms with Crippen LogP contribution < -0.4 is 10.5 Å². The van der Waals surface area contributed by atoms with E-state index in [2.05, 4.69) is 18.2 Å². The zero-order valence-electron chi connectivity index (χ0n) is 10.9. The number of aromatic hydroxyl groups is 1. The van der Waals surface area contributed by atoms with E-state index in [0.29, 0.717) is 18.9 Å². The summed E-state index contributed by atoms with van der Waals surface area (Å²) in [5, 5.41) is 10.6. The number of fused-ring (bicyclic) bond motifs is 1. The van der Waals surface area contributed by atoms with Crippen LogP contribution in [-0.2, 0) is 13.2 Å². The van der Waals surface area contributed by atoms with E-state index in [1.807, 2.05) is 12.1 Å². The number of benzene rings is 2. The van der Waals surface area contributed by atoms with Crippen molar-refractivity contribution in [2.75, 3.05) is 0 Å². The summed E-state index contributed by atoms with van der Waals surface area (Å²) < 4.78 is 6.92. The Morgan fingerprint density at radius 3 is 2.75 bits per heavy atom. The monoisotopic (exact) mass is 285 g/mol. The number of ether oxygens (including phenoxy) is 1. The summed E-state index contributed by atoms with van der Waals surface area (Å²) in [6, 6.07) is 15.1. The third-order valence-electron chi connectivity index (χ3n) is 3.12. The van der Waals surface area contributed by atoms with Crippen LogP contribution in [0.2, 0.25) is 0 Å². The predicted octanol–water partition coefficient (Wildman–Crippen LogP) is 3.64. The van der Waals surface area contributed by atoms with Crippen molar-refractivity contribution in [3.05, 3.63) is 59.0 Å². The number of phenolic OH excluding ortho intramolecular Hbond substituents is 1. The molecule has 0 atom stereocenters. The quantitative estimate of drug-likeness (QED) is 0.769. The second-order valence-electron chi connectivity index (χ2n) is 4.53. The summed E-state index contributed by atoms with van der Waals surface area (Å²) in [5.74, 6) is 0.880. The van der Waals surface area contributed by atoms with Crippen molar-refractivity contribution in [3.8, 4) is 11.5 Å². The summed E-state index contributed by atoms with van der Waals surface area (Å²) >= 11 is 1.71. The lowest BCUT2D eigenvalue weighted by molar-refractivity contribution is 0.308. The Labute approximate surface area is 121 Å². The summed E-state index contributed by atoms with van der Waals surface area (Å²) in [7, 11) is 0. The summed E-state index contributed by atoms with van der Waals surface area (Å²) in [5.41, 5.74) is 6.91. The van der Waals surface area contributed by atoms with E-state index < -0.39 is 0 Å². The first kappa shape index (κ1) is 13.0. The predicted molar refractivity (Wildman–Crippen MR) is 82.2 cm³/mol. The fraction of sp³-hybridized carbons (Fsp3) is 0.125. The maximum absolute atomic E-state index is 9.40. The van der Waals surface area contributed by atoms with E-state index >= 15 is 0 Å². The van der Waals surface area contributed by atoms with Crippen LogP contribution in [0.5, 0.6) is 11.5 Å². The van der Waals surface area contributed by atoms with E-state index in [-0.39, 0.29) is 5.75 Å². The number of nitrogens with two attached hydrogens (primary N) is 1. The fourth-order valence-electron chi connectivity index (χ4n) is 2.15. The Bertz CT molecular complexity index is 736. The largest absolute Gasteiger partial charge is 0.508 e. The van der Waals surface area contributed by atoms with E-state index in [1.54, 1.807) is 29.5 Å². The number of rotatable bonds is 4. The maximum atomic E-state index is 9.40. The molecule has 0 amide bonds. The second-order valence-corrected chi connectivity index (χ2v) is 5.70. The first-order chi connectivity index (χ1) is 9.76. The molecule has 4 heteroatoms. The third kappa shape index (κ3) is 2.61. The SMILES string of the molecule is NCc1cccc2sc(COc3cccc(O)c3)cc12. The summed E-state index contributed by atoms with van der Waals surface area (Å²) in [6.45, 7) is 1.04. The van der Waals surface area contributed by atoms with Crippen molar-refractivity contribution in [2.45, 2.75) is 13.2 Å². The normalized spacial score (nSPS) is 10.8. The smallest absolute Gasteiger partial charge is 0.123 e. The molecule has 0 fully saturated rings. The molecular weight excluding hydrogens is 270 g/mol. The zero-order valence-corrected chi connectivity index (χ0v) is 11.7. The molecule has 1 heterocycles. The standard InChI is InChI=1S/C16H15NO2S/c17-9-11-3-1-6-16-15(11)8-14(20-16)10-19-13-5-2-4-12(18)7-13/h1-8,18H,9-10,17H2. The first-order valence-corrected chi connectivity index (χ1v) is 7.20. The Morgan fingerprint density at radius 1 is 1.10 bits per heavy atom. The molecular formula is C16H15NO2S. The highest BCUT2D eigenvalue weighted by Gasteiger charge is 2.06. The Kier molecular flexibility index (Phi) is 3.58. The van der Waals surface area contributed by atoms with Gasteiger partial charge in [0.05, 0.1) is 0 Å². The van der Waals surface area contributed by atoms with Crippen molar-refractivity contribution in [2.24, 2.45) is 5.73 Å². The highest BCUT2D eigenvalue weighted by Crippen LogP contribution is 2.29. The van der Waals surface area contributed by atoms with Crippen LogP contribution in [0.1, 0.15) is 10.4 Å². The lowest BCUT2D eigenvalue weighted by Crippen LogP contribution is -1.95. The molecule has 0 saturated heterocycles. The van der Waals surface area contributed by atoms with Crippen LogP contribution in [0.15, 0.2) is 48.5 Å². The van der Waals surface area contributed by atoms with Gasteiger partial charge in [-0.1, -0.05) is 18.2 Å². The number of hydrogen-bond donors (Lipinski definition) is 2. The van der Waals surface area contributed by atoms with Gasteiger partial charge in [0.15, 0.2) is 0 Å². The molecule has 0 spiro atoms. The van der Waals surface area contributed by atoms with Crippen LogP contribution in [-0.4, -0.2) is 5.11 Å². The molecule has 1 aromatic heterocycles. The van der Waals surface area contributed by atoms with Gasteiger partial charge in [-0.15, -0.1) is 11.3 Å².